The minimum Gasteiger partial charge on any atom is -0.480 e. The van der Waals surface area contributed by atoms with Gasteiger partial charge in [-0.05, 0) is 17.7 Å². The summed E-state index contributed by atoms with van der Waals surface area (Å²) in [6.45, 7) is 0.886. The minimum atomic E-state index is -1.02. The van der Waals surface area contributed by atoms with Crippen LogP contribution in [0.1, 0.15) is 16.6 Å². The smallest absolute Gasteiger partial charge is 0.338 e. The number of hydrogen-bond acceptors (Lipinski definition) is 9. The van der Waals surface area contributed by atoms with Crippen molar-refractivity contribution in [2.24, 2.45) is 4.99 Å². The molecule has 9 nitrogen and oxygen atoms in total. The number of nitrogens with one attached hydrogen (secondary N) is 1. The third-order valence-corrected chi connectivity index (χ3v) is 6.78. The van der Waals surface area contributed by atoms with Gasteiger partial charge in [0.2, 0.25) is 0 Å². The first-order valence-corrected chi connectivity index (χ1v) is 11.6. The first-order valence-electron chi connectivity index (χ1n) is 9.94. The summed E-state index contributed by atoms with van der Waals surface area (Å²) in [4.78, 5) is 35.4. The van der Waals surface area contributed by atoms with Crippen LogP contribution < -0.4 is 5.32 Å². The van der Waals surface area contributed by atoms with E-state index in [2.05, 4.69) is 26.2 Å². The van der Waals surface area contributed by atoms with Gasteiger partial charge in [0, 0.05) is 34.8 Å². The van der Waals surface area contributed by atoms with Crippen LogP contribution in [0.4, 0.5) is 4.39 Å². The lowest BCUT2D eigenvalue weighted by molar-refractivity contribution is -0.149. The van der Waals surface area contributed by atoms with Gasteiger partial charge in [-0.15, -0.1) is 11.3 Å². The van der Waals surface area contributed by atoms with Crippen molar-refractivity contribution < 1.29 is 28.6 Å². The average molecular weight is 539 g/mol. The molecule has 2 aromatic rings. The zero-order chi connectivity index (χ0) is 23.5. The van der Waals surface area contributed by atoms with E-state index < -0.39 is 29.8 Å². The quantitative estimate of drug-likeness (QED) is 0.539. The molecule has 1 fully saturated rings. The van der Waals surface area contributed by atoms with Gasteiger partial charge in [-0.3, -0.25) is 14.7 Å². The molecular weight excluding hydrogens is 519 g/mol. The van der Waals surface area contributed by atoms with Crippen LogP contribution in [0.5, 0.6) is 0 Å². The first-order chi connectivity index (χ1) is 15.9. The molecular formula is C21H20BrFN4O5S. The summed E-state index contributed by atoms with van der Waals surface area (Å²) < 4.78 is 24.6. The third-order valence-electron chi connectivity index (χ3n) is 5.31. The molecule has 0 spiro atoms. The zero-order valence-corrected chi connectivity index (χ0v) is 19.9. The average Bonchev–Trinajstić information content (AvgIpc) is 3.33. The van der Waals surface area contributed by atoms with Gasteiger partial charge in [0.15, 0.2) is 10.8 Å². The summed E-state index contributed by atoms with van der Waals surface area (Å²) in [5.41, 5.74) is 1.21. The monoisotopic (exact) mass is 538 g/mol. The van der Waals surface area contributed by atoms with Crippen LogP contribution in [-0.4, -0.2) is 72.2 Å². The Balaban J connectivity index is 1.83. The van der Waals surface area contributed by atoms with E-state index in [0.717, 1.165) is 0 Å². The number of ether oxygens (including phenoxy) is 2. The molecule has 2 aliphatic rings. The van der Waals surface area contributed by atoms with Crippen LogP contribution in [-0.2, 0) is 19.1 Å². The molecule has 0 saturated carbocycles. The second-order valence-corrected chi connectivity index (χ2v) is 9.04. The molecule has 0 bridgehead atoms. The highest BCUT2D eigenvalue weighted by Crippen LogP contribution is 2.37. The summed E-state index contributed by atoms with van der Waals surface area (Å²) in [7, 11) is 1.26. The maximum Gasteiger partial charge on any atom is 0.338 e. The summed E-state index contributed by atoms with van der Waals surface area (Å²) in [5.74, 6) is -1.66. The summed E-state index contributed by atoms with van der Waals surface area (Å²) >= 11 is 4.73. The number of halogens is 2. The van der Waals surface area contributed by atoms with Crippen molar-refractivity contribution >= 4 is 45.0 Å². The predicted octanol–water partition coefficient (Wildman–Crippen LogP) is 2.35. The molecule has 1 saturated heterocycles. The van der Waals surface area contributed by atoms with Crippen LogP contribution in [0.15, 0.2) is 50.5 Å². The Bertz CT molecular complexity index is 1120. The van der Waals surface area contributed by atoms with Crippen molar-refractivity contribution in [2.45, 2.75) is 12.1 Å². The van der Waals surface area contributed by atoms with Gasteiger partial charge in [0.05, 0.1) is 25.9 Å². The number of thiazole rings is 1. The molecule has 1 aromatic carbocycles. The molecule has 33 heavy (non-hydrogen) atoms. The molecule has 3 heterocycles. The lowest BCUT2D eigenvalue weighted by Gasteiger charge is -2.35. The van der Waals surface area contributed by atoms with Crippen molar-refractivity contribution in [3.63, 3.8) is 0 Å². The van der Waals surface area contributed by atoms with Crippen molar-refractivity contribution in [1.29, 1.82) is 0 Å². The lowest BCUT2D eigenvalue weighted by atomic mass is 9.95. The number of benzene rings is 1. The molecule has 0 radical (unpaired) electrons. The molecule has 4 rings (SSSR count). The summed E-state index contributed by atoms with van der Waals surface area (Å²) in [5, 5.41) is 15.2. The SMILES string of the molecule is COC(=O)C1=C(CN2CCOC[C@H]2C(=O)O)NC(c2nccs2)=N[C@H]1c1ccc(F)cc1Br. The molecule has 0 amide bonds. The van der Waals surface area contributed by atoms with Crippen molar-refractivity contribution in [1.82, 2.24) is 15.2 Å². The second kappa shape index (κ2) is 10.1. The number of morpholine rings is 1. The van der Waals surface area contributed by atoms with Crippen LogP contribution in [0.3, 0.4) is 0 Å². The van der Waals surface area contributed by atoms with Gasteiger partial charge in [-0.25, -0.2) is 14.2 Å². The Morgan fingerprint density at radius 3 is 2.94 bits per heavy atom. The highest BCUT2D eigenvalue weighted by molar-refractivity contribution is 9.10. The standard InChI is InChI=1S/C21H20BrFN4O5S/c1-31-21(30)16-14(9-27-5-6-32-10-15(27)20(28)29)25-18(19-24-4-7-33-19)26-17(16)12-3-2-11(23)8-13(12)22/h2-4,7-8,15,17H,5-6,9-10H2,1H3,(H,25,26)(H,28,29)/t15-,17-/m0/s1. The fraction of sp³-hybridized carbons (Fsp3) is 0.333. The largest absolute Gasteiger partial charge is 0.480 e. The number of carbonyl (C=O) groups excluding carboxylic acids is 1. The normalized spacial score (nSPS) is 21.4. The van der Waals surface area contributed by atoms with E-state index >= 15 is 0 Å². The summed E-state index contributed by atoms with van der Waals surface area (Å²) in [6, 6.07) is 2.44. The van der Waals surface area contributed by atoms with Gasteiger partial charge < -0.3 is 19.9 Å². The predicted molar refractivity (Wildman–Crippen MR) is 121 cm³/mol. The number of amidine groups is 1. The number of carbonyl (C=O) groups is 2. The van der Waals surface area contributed by atoms with E-state index in [9.17, 15) is 19.1 Å². The number of carboxylic acid groups (broad SMARTS) is 1. The highest BCUT2D eigenvalue weighted by Gasteiger charge is 2.37. The highest BCUT2D eigenvalue weighted by atomic mass is 79.9. The minimum absolute atomic E-state index is 0.0382. The number of hydrogen-bond donors (Lipinski definition) is 2. The molecule has 0 aliphatic carbocycles. The number of nitrogens with zero attached hydrogens (tertiary/aromatic N) is 3. The van der Waals surface area contributed by atoms with E-state index in [1.807, 2.05) is 0 Å². The van der Waals surface area contributed by atoms with Crippen LogP contribution in [0.2, 0.25) is 0 Å². The molecule has 174 valence electrons. The zero-order valence-electron chi connectivity index (χ0n) is 17.5. The van der Waals surface area contributed by atoms with Gasteiger partial charge in [-0.2, -0.15) is 0 Å². The van der Waals surface area contributed by atoms with Crippen LogP contribution in [0, 0.1) is 5.82 Å². The molecule has 2 aliphatic heterocycles. The Labute approximate surface area is 201 Å². The number of esters is 1. The molecule has 1 aromatic heterocycles. The number of methoxy groups -OCH3 is 1. The van der Waals surface area contributed by atoms with Gasteiger partial charge in [0.1, 0.15) is 17.9 Å². The fourth-order valence-corrected chi connectivity index (χ4v) is 4.88. The van der Waals surface area contributed by atoms with E-state index in [0.29, 0.717) is 39.7 Å². The Morgan fingerprint density at radius 1 is 1.45 bits per heavy atom. The van der Waals surface area contributed by atoms with Gasteiger partial charge in [0.25, 0.3) is 0 Å². The van der Waals surface area contributed by atoms with E-state index in [4.69, 9.17) is 14.5 Å². The van der Waals surface area contributed by atoms with E-state index in [1.54, 1.807) is 22.5 Å². The summed E-state index contributed by atoms with van der Waals surface area (Å²) in [6.07, 6.45) is 1.63. The van der Waals surface area contributed by atoms with E-state index in [1.165, 1.54) is 30.6 Å². The number of rotatable bonds is 6. The Kier molecular flexibility index (Phi) is 7.17. The molecule has 12 heteroatoms. The molecule has 2 N–H and O–H groups in total. The van der Waals surface area contributed by atoms with E-state index in [-0.39, 0.29) is 18.7 Å². The topological polar surface area (TPSA) is 113 Å². The number of aliphatic carboxylic acids is 1. The van der Waals surface area contributed by atoms with Crippen molar-refractivity contribution in [3.8, 4) is 0 Å². The third kappa shape index (κ3) is 4.98. The Hall–Kier alpha value is -2.67. The molecule has 0 unspecified atom stereocenters. The first kappa shape index (κ1) is 23.5. The van der Waals surface area contributed by atoms with Gasteiger partial charge in [-0.1, -0.05) is 22.0 Å². The van der Waals surface area contributed by atoms with Crippen LogP contribution in [0.25, 0.3) is 0 Å². The second-order valence-electron chi connectivity index (χ2n) is 7.29. The van der Waals surface area contributed by atoms with Crippen molar-refractivity contribution in [2.75, 3.05) is 33.4 Å². The lowest BCUT2D eigenvalue weighted by Crippen LogP contribution is -2.52. The molecule has 2 atom stereocenters. The van der Waals surface area contributed by atoms with Crippen molar-refractivity contribution in [3.05, 3.63) is 61.9 Å². The number of aliphatic imine (C=N–C) groups is 1. The fourth-order valence-electron chi connectivity index (χ4n) is 3.73. The van der Waals surface area contributed by atoms with Gasteiger partial charge >= 0.3 is 11.9 Å². The maximum absolute atomic E-state index is 13.8. The Morgan fingerprint density at radius 2 is 2.27 bits per heavy atom. The number of carboxylic acids is 1. The van der Waals surface area contributed by atoms with Crippen LogP contribution >= 0.6 is 27.3 Å². The number of aromatic nitrogens is 1. The maximum atomic E-state index is 13.8.